The number of pyridine rings is 1. The third-order valence-electron chi connectivity index (χ3n) is 5.16. The summed E-state index contributed by atoms with van der Waals surface area (Å²) in [6, 6.07) is 9.48. The number of carbonyl (C=O) groups excluding carboxylic acids is 1. The van der Waals surface area contributed by atoms with Gasteiger partial charge in [-0.3, -0.25) is 19.6 Å². The van der Waals surface area contributed by atoms with E-state index in [1.165, 1.54) is 0 Å². The van der Waals surface area contributed by atoms with Crippen molar-refractivity contribution in [1.82, 2.24) is 29.9 Å². The molecule has 0 bridgehead atoms. The first-order valence-electron chi connectivity index (χ1n) is 9.72. The van der Waals surface area contributed by atoms with Crippen molar-refractivity contribution in [3.8, 4) is 22.7 Å². The zero-order valence-corrected chi connectivity index (χ0v) is 16.4. The molecule has 0 atom stereocenters. The molecule has 9 nitrogen and oxygen atoms in total. The number of aromatic amines is 1. The molecule has 1 aliphatic heterocycles. The number of Topliss-reactive ketones (excluding diaryl/α,β-unsaturated/α-hetero) is 1. The summed E-state index contributed by atoms with van der Waals surface area (Å²) >= 11 is 0. The van der Waals surface area contributed by atoms with Crippen molar-refractivity contribution in [2.75, 3.05) is 32.0 Å². The lowest BCUT2D eigenvalue weighted by molar-refractivity contribution is 0.0981. The van der Waals surface area contributed by atoms with Gasteiger partial charge in [-0.25, -0.2) is 0 Å². The summed E-state index contributed by atoms with van der Waals surface area (Å²) in [4.78, 5) is 19.3. The summed E-state index contributed by atoms with van der Waals surface area (Å²) < 4.78 is 7.65. The molecule has 4 aromatic heterocycles. The van der Waals surface area contributed by atoms with Gasteiger partial charge in [-0.1, -0.05) is 6.07 Å². The first-order chi connectivity index (χ1) is 14.7. The van der Waals surface area contributed by atoms with Gasteiger partial charge in [-0.15, -0.1) is 0 Å². The Morgan fingerprint density at radius 2 is 2.20 bits per heavy atom. The second kappa shape index (κ2) is 7.60. The number of carbonyl (C=O) groups is 1. The van der Waals surface area contributed by atoms with Crippen LogP contribution in [0.2, 0.25) is 0 Å². The van der Waals surface area contributed by atoms with Crippen LogP contribution in [0.1, 0.15) is 16.6 Å². The van der Waals surface area contributed by atoms with Crippen LogP contribution >= 0.6 is 0 Å². The van der Waals surface area contributed by atoms with Crippen molar-refractivity contribution < 1.29 is 9.21 Å². The standard InChI is InChI=1S/C21H21N7O2/c1-27-11-15(12-27)28-13-17(21(26-28)16-4-2-3-7-22-16)23-10-18(29)20-6-5-19(30-20)14-8-24-25-9-14/h2-9,13,15,23H,10-12H2,1H3,(H,24,25). The van der Waals surface area contributed by atoms with E-state index in [9.17, 15) is 4.79 Å². The maximum Gasteiger partial charge on any atom is 0.216 e. The molecule has 4 aromatic rings. The van der Waals surface area contributed by atoms with Crippen LogP contribution in [0, 0.1) is 0 Å². The van der Waals surface area contributed by atoms with Crippen molar-refractivity contribution in [2.45, 2.75) is 6.04 Å². The normalized spacial score (nSPS) is 14.6. The Morgan fingerprint density at radius 3 is 2.93 bits per heavy atom. The molecule has 1 fully saturated rings. The summed E-state index contributed by atoms with van der Waals surface area (Å²) in [6.07, 6.45) is 7.06. The van der Waals surface area contributed by atoms with Gasteiger partial charge in [0.2, 0.25) is 5.78 Å². The van der Waals surface area contributed by atoms with Gasteiger partial charge in [0.15, 0.2) is 5.76 Å². The van der Waals surface area contributed by atoms with E-state index in [4.69, 9.17) is 9.52 Å². The average molecular weight is 403 g/mol. The van der Waals surface area contributed by atoms with Crippen LogP contribution in [0.15, 0.2) is 59.5 Å². The Kier molecular flexibility index (Phi) is 4.64. The van der Waals surface area contributed by atoms with Gasteiger partial charge in [-0.05, 0) is 31.3 Å². The number of anilines is 1. The number of likely N-dealkylation sites (N-methyl/N-ethyl adjacent to an activating group) is 1. The zero-order valence-electron chi connectivity index (χ0n) is 16.4. The number of likely N-dealkylation sites (tertiary alicyclic amines) is 1. The lowest BCUT2D eigenvalue weighted by Crippen LogP contribution is -2.45. The topological polar surface area (TPSA) is 105 Å². The number of nitrogens with one attached hydrogen (secondary N) is 2. The van der Waals surface area contributed by atoms with Crippen molar-refractivity contribution in [2.24, 2.45) is 0 Å². The van der Waals surface area contributed by atoms with Gasteiger partial charge >= 0.3 is 0 Å². The van der Waals surface area contributed by atoms with Gasteiger partial charge in [-0.2, -0.15) is 10.2 Å². The maximum atomic E-state index is 12.7. The molecule has 0 amide bonds. The summed E-state index contributed by atoms with van der Waals surface area (Å²) in [7, 11) is 2.08. The highest BCUT2D eigenvalue weighted by atomic mass is 16.3. The molecule has 9 heteroatoms. The second-order valence-electron chi connectivity index (χ2n) is 7.39. The molecular formula is C21H21N7O2. The fourth-order valence-corrected chi connectivity index (χ4v) is 3.52. The SMILES string of the molecule is CN1CC(n2cc(NCC(=O)c3ccc(-c4cn[nH]c4)o3)c(-c3ccccn3)n2)C1. The molecule has 152 valence electrons. The number of furan rings is 1. The molecule has 0 radical (unpaired) electrons. The maximum absolute atomic E-state index is 12.7. The van der Waals surface area contributed by atoms with Gasteiger partial charge in [0.05, 0.1) is 35.7 Å². The molecule has 0 saturated carbocycles. The minimum Gasteiger partial charge on any atom is -0.453 e. The van der Waals surface area contributed by atoms with Crippen LogP contribution in [0.5, 0.6) is 0 Å². The van der Waals surface area contributed by atoms with Crippen LogP contribution in [0.4, 0.5) is 5.69 Å². The third kappa shape index (κ3) is 3.50. The second-order valence-corrected chi connectivity index (χ2v) is 7.39. The van der Waals surface area contributed by atoms with Crippen molar-refractivity contribution in [1.29, 1.82) is 0 Å². The van der Waals surface area contributed by atoms with E-state index in [1.54, 1.807) is 30.7 Å². The van der Waals surface area contributed by atoms with E-state index in [0.717, 1.165) is 35.7 Å². The van der Waals surface area contributed by atoms with Crippen LogP contribution in [0.25, 0.3) is 22.7 Å². The first kappa shape index (κ1) is 18.3. The Morgan fingerprint density at radius 1 is 1.30 bits per heavy atom. The van der Waals surface area contributed by atoms with E-state index in [0.29, 0.717) is 17.6 Å². The zero-order chi connectivity index (χ0) is 20.5. The largest absolute Gasteiger partial charge is 0.453 e. The van der Waals surface area contributed by atoms with Gasteiger partial charge < -0.3 is 14.6 Å². The van der Waals surface area contributed by atoms with Crippen LogP contribution in [0.3, 0.4) is 0 Å². The van der Waals surface area contributed by atoms with Gasteiger partial charge in [0, 0.05) is 31.7 Å². The Bertz CT molecular complexity index is 1140. The smallest absolute Gasteiger partial charge is 0.216 e. The highest BCUT2D eigenvalue weighted by Gasteiger charge is 2.27. The predicted octanol–water partition coefficient (Wildman–Crippen LogP) is 2.71. The number of hydrogen-bond donors (Lipinski definition) is 2. The Balaban J connectivity index is 1.34. The molecule has 30 heavy (non-hydrogen) atoms. The first-order valence-corrected chi connectivity index (χ1v) is 9.72. The molecular weight excluding hydrogens is 382 g/mol. The molecule has 5 heterocycles. The van der Waals surface area contributed by atoms with Gasteiger partial charge in [0.25, 0.3) is 0 Å². The van der Waals surface area contributed by atoms with Crippen LogP contribution < -0.4 is 5.32 Å². The molecule has 2 N–H and O–H groups in total. The Hall–Kier alpha value is -3.72. The van der Waals surface area contributed by atoms with Crippen molar-refractivity contribution in [3.63, 3.8) is 0 Å². The number of nitrogens with zero attached hydrogens (tertiary/aromatic N) is 5. The summed E-state index contributed by atoms with van der Waals surface area (Å²) in [5, 5.41) is 14.6. The highest BCUT2D eigenvalue weighted by Crippen LogP contribution is 2.29. The van der Waals surface area contributed by atoms with E-state index in [2.05, 4.69) is 32.4 Å². The molecule has 0 aliphatic carbocycles. The van der Waals surface area contributed by atoms with E-state index in [-0.39, 0.29) is 12.3 Å². The minimum atomic E-state index is -0.146. The number of ketones is 1. The third-order valence-corrected chi connectivity index (χ3v) is 5.16. The van der Waals surface area contributed by atoms with Crippen molar-refractivity contribution >= 4 is 11.5 Å². The fraction of sp³-hybridized carbons (Fsp3) is 0.238. The molecule has 5 rings (SSSR count). The molecule has 0 spiro atoms. The molecule has 0 unspecified atom stereocenters. The number of hydrogen-bond acceptors (Lipinski definition) is 7. The monoisotopic (exact) mass is 403 g/mol. The molecule has 1 saturated heterocycles. The number of aromatic nitrogens is 5. The lowest BCUT2D eigenvalue weighted by Gasteiger charge is -2.36. The average Bonchev–Trinajstić information content (AvgIpc) is 3.50. The van der Waals surface area contributed by atoms with E-state index < -0.39 is 0 Å². The predicted molar refractivity (Wildman–Crippen MR) is 111 cm³/mol. The quantitative estimate of drug-likeness (QED) is 0.457. The summed E-state index contributed by atoms with van der Waals surface area (Å²) in [5.74, 6) is 0.752. The minimum absolute atomic E-state index is 0.0917. The summed E-state index contributed by atoms with van der Waals surface area (Å²) in [6.45, 7) is 1.99. The van der Waals surface area contributed by atoms with E-state index in [1.807, 2.05) is 29.1 Å². The number of H-pyrrole nitrogens is 1. The lowest BCUT2D eigenvalue weighted by atomic mass is 10.1. The van der Waals surface area contributed by atoms with E-state index >= 15 is 0 Å². The number of rotatable bonds is 7. The van der Waals surface area contributed by atoms with Crippen LogP contribution in [-0.4, -0.2) is 62.3 Å². The van der Waals surface area contributed by atoms with Crippen LogP contribution in [-0.2, 0) is 0 Å². The fourth-order valence-electron chi connectivity index (χ4n) is 3.52. The van der Waals surface area contributed by atoms with Crippen molar-refractivity contribution in [3.05, 3.63) is 60.9 Å². The molecule has 0 aromatic carbocycles. The molecule has 1 aliphatic rings. The van der Waals surface area contributed by atoms with Gasteiger partial charge in [0.1, 0.15) is 11.5 Å². The Labute approximate surface area is 172 Å². The highest BCUT2D eigenvalue weighted by molar-refractivity contribution is 5.97. The summed E-state index contributed by atoms with van der Waals surface area (Å²) in [5.41, 5.74) is 3.07.